The van der Waals surface area contributed by atoms with Crippen molar-refractivity contribution in [3.63, 3.8) is 0 Å². The van der Waals surface area contributed by atoms with Gasteiger partial charge in [0.15, 0.2) is 0 Å². The van der Waals surface area contributed by atoms with Gasteiger partial charge in [0.1, 0.15) is 24.3 Å². The summed E-state index contributed by atoms with van der Waals surface area (Å²) < 4.78 is 1.58. The van der Waals surface area contributed by atoms with Gasteiger partial charge in [-0.05, 0) is 26.0 Å². The largest absolute Gasteiger partial charge is 0.306 e. The lowest BCUT2D eigenvalue weighted by atomic mass is 10.2. The first-order chi connectivity index (χ1) is 10.6. The Labute approximate surface area is 126 Å². The zero-order valence-electron chi connectivity index (χ0n) is 12.1. The molecular weight excluding hydrogens is 282 g/mol. The van der Waals surface area contributed by atoms with Crippen molar-refractivity contribution in [2.24, 2.45) is 0 Å². The van der Waals surface area contributed by atoms with Crippen LogP contribution in [0.5, 0.6) is 0 Å². The summed E-state index contributed by atoms with van der Waals surface area (Å²) in [4.78, 5) is 28.5. The van der Waals surface area contributed by atoms with Gasteiger partial charge in [-0.3, -0.25) is 4.79 Å². The third-order valence-electron chi connectivity index (χ3n) is 3.02. The van der Waals surface area contributed by atoms with Crippen LogP contribution in [-0.2, 0) is 0 Å². The van der Waals surface area contributed by atoms with E-state index in [1.807, 2.05) is 0 Å². The maximum absolute atomic E-state index is 12.2. The standard InChI is InChI=1S/C14H13N7O/c1-9-12(6-16-10(2)19-9)14(22)20-13-4-3-11(5-17-13)21-8-15-7-18-21/h3-8H,1-2H3,(H,17,20,22). The van der Waals surface area contributed by atoms with Gasteiger partial charge in [-0.25, -0.2) is 24.6 Å². The second kappa shape index (κ2) is 5.68. The van der Waals surface area contributed by atoms with Crippen molar-refractivity contribution >= 4 is 11.7 Å². The van der Waals surface area contributed by atoms with E-state index in [2.05, 4.69) is 30.4 Å². The lowest BCUT2D eigenvalue weighted by Crippen LogP contribution is -2.16. The number of rotatable bonds is 3. The van der Waals surface area contributed by atoms with E-state index in [4.69, 9.17) is 0 Å². The van der Waals surface area contributed by atoms with E-state index in [0.29, 0.717) is 22.9 Å². The first-order valence-corrected chi connectivity index (χ1v) is 6.56. The van der Waals surface area contributed by atoms with Crippen LogP contribution in [0.25, 0.3) is 5.69 Å². The van der Waals surface area contributed by atoms with Crippen molar-refractivity contribution < 1.29 is 4.79 Å². The zero-order chi connectivity index (χ0) is 15.5. The maximum atomic E-state index is 12.2. The molecule has 1 amide bonds. The van der Waals surface area contributed by atoms with E-state index in [0.717, 1.165) is 5.69 Å². The molecule has 1 N–H and O–H groups in total. The lowest BCUT2D eigenvalue weighted by Gasteiger charge is -2.07. The number of hydrogen-bond donors (Lipinski definition) is 1. The molecule has 3 aromatic heterocycles. The zero-order valence-corrected chi connectivity index (χ0v) is 12.1. The fraction of sp³-hybridized carbons (Fsp3) is 0.143. The van der Waals surface area contributed by atoms with Crippen LogP contribution in [0.3, 0.4) is 0 Å². The number of aryl methyl sites for hydroxylation is 2. The number of carbonyl (C=O) groups is 1. The van der Waals surface area contributed by atoms with Gasteiger partial charge in [0.2, 0.25) is 0 Å². The first kappa shape index (κ1) is 13.8. The summed E-state index contributed by atoms with van der Waals surface area (Å²) >= 11 is 0. The van der Waals surface area contributed by atoms with Crippen LogP contribution in [0.4, 0.5) is 5.82 Å². The number of nitrogens with zero attached hydrogens (tertiary/aromatic N) is 6. The third-order valence-corrected chi connectivity index (χ3v) is 3.02. The Balaban J connectivity index is 1.77. The van der Waals surface area contributed by atoms with E-state index in [1.165, 1.54) is 12.5 Å². The summed E-state index contributed by atoms with van der Waals surface area (Å²) in [6, 6.07) is 3.48. The number of aromatic nitrogens is 6. The maximum Gasteiger partial charge on any atom is 0.260 e. The normalized spacial score (nSPS) is 10.5. The average Bonchev–Trinajstić information content (AvgIpc) is 3.02. The van der Waals surface area contributed by atoms with Crippen molar-refractivity contribution in [2.75, 3.05) is 5.32 Å². The summed E-state index contributed by atoms with van der Waals surface area (Å²) in [5, 5.41) is 6.72. The lowest BCUT2D eigenvalue weighted by molar-refractivity contribution is 0.102. The van der Waals surface area contributed by atoms with E-state index < -0.39 is 0 Å². The fourth-order valence-electron chi connectivity index (χ4n) is 1.93. The number of anilines is 1. The molecule has 8 heteroatoms. The molecule has 0 aliphatic carbocycles. The molecule has 0 aliphatic heterocycles. The molecule has 0 aliphatic rings. The number of amides is 1. The SMILES string of the molecule is Cc1ncc(C(=O)Nc2ccc(-n3cncn3)cn2)c(C)n1. The molecule has 0 radical (unpaired) electrons. The number of pyridine rings is 1. The van der Waals surface area contributed by atoms with Crippen molar-refractivity contribution in [1.82, 2.24) is 29.7 Å². The van der Waals surface area contributed by atoms with Crippen LogP contribution in [0, 0.1) is 13.8 Å². The molecule has 0 fully saturated rings. The van der Waals surface area contributed by atoms with Crippen LogP contribution in [0.1, 0.15) is 21.9 Å². The van der Waals surface area contributed by atoms with Gasteiger partial charge in [0.25, 0.3) is 5.91 Å². The third kappa shape index (κ3) is 2.80. The molecule has 0 unspecified atom stereocenters. The second-order valence-electron chi connectivity index (χ2n) is 4.61. The quantitative estimate of drug-likeness (QED) is 0.782. The van der Waals surface area contributed by atoms with Gasteiger partial charge < -0.3 is 5.32 Å². The molecule has 22 heavy (non-hydrogen) atoms. The van der Waals surface area contributed by atoms with Crippen molar-refractivity contribution in [3.05, 3.63) is 54.3 Å². The Morgan fingerprint density at radius 1 is 1.18 bits per heavy atom. The number of hydrogen-bond acceptors (Lipinski definition) is 6. The molecule has 8 nitrogen and oxygen atoms in total. The number of nitrogens with one attached hydrogen (secondary N) is 1. The van der Waals surface area contributed by atoms with Crippen LogP contribution in [-0.4, -0.2) is 35.6 Å². The van der Waals surface area contributed by atoms with Gasteiger partial charge in [-0.15, -0.1) is 0 Å². The molecule has 0 saturated heterocycles. The summed E-state index contributed by atoms with van der Waals surface area (Å²) in [5.41, 5.74) is 1.81. The Morgan fingerprint density at radius 3 is 2.68 bits per heavy atom. The Bertz CT molecular complexity index is 797. The smallest absolute Gasteiger partial charge is 0.260 e. The second-order valence-corrected chi connectivity index (χ2v) is 4.61. The molecule has 3 rings (SSSR count). The van der Waals surface area contributed by atoms with E-state index in [1.54, 1.807) is 43.2 Å². The predicted octanol–water partition coefficient (Wildman–Crippen LogP) is 1.32. The molecule has 0 aromatic carbocycles. The highest BCUT2D eigenvalue weighted by molar-refractivity contribution is 6.04. The van der Waals surface area contributed by atoms with E-state index in [9.17, 15) is 4.79 Å². The minimum absolute atomic E-state index is 0.293. The summed E-state index contributed by atoms with van der Waals surface area (Å²) in [6.45, 7) is 3.55. The van der Waals surface area contributed by atoms with Crippen LogP contribution < -0.4 is 5.32 Å². The molecule has 110 valence electrons. The molecule has 0 atom stereocenters. The topological polar surface area (TPSA) is 98.5 Å². The van der Waals surface area contributed by atoms with Crippen molar-refractivity contribution in [2.45, 2.75) is 13.8 Å². The van der Waals surface area contributed by atoms with Gasteiger partial charge >= 0.3 is 0 Å². The molecule has 0 spiro atoms. The minimum atomic E-state index is -0.293. The first-order valence-electron chi connectivity index (χ1n) is 6.56. The minimum Gasteiger partial charge on any atom is -0.306 e. The van der Waals surface area contributed by atoms with Crippen LogP contribution >= 0.6 is 0 Å². The van der Waals surface area contributed by atoms with E-state index >= 15 is 0 Å². The molecule has 3 heterocycles. The van der Waals surface area contributed by atoms with Gasteiger partial charge in [0.05, 0.1) is 23.1 Å². The summed E-state index contributed by atoms with van der Waals surface area (Å²) in [6.07, 6.45) is 6.12. The van der Waals surface area contributed by atoms with Crippen LogP contribution in [0.15, 0.2) is 37.2 Å². The highest BCUT2D eigenvalue weighted by Gasteiger charge is 2.11. The monoisotopic (exact) mass is 295 g/mol. The van der Waals surface area contributed by atoms with Gasteiger partial charge in [0, 0.05) is 6.20 Å². The Hall–Kier alpha value is -3.16. The van der Waals surface area contributed by atoms with E-state index in [-0.39, 0.29) is 5.91 Å². The average molecular weight is 295 g/mol. The highest BCUT2D eigenvalue weighted by atomic mass is 16.1. The molecule has 3 aromatic rings. The van der Waals surface area contributed by atoms with Gasteiger partial charge in [-0.2, -0.15) is 5.10 Å². The summed E-state index contributed by atoms with van der Waals surface area (Å²) in [5.74, 6) is 0.775. The number of carbonyl (C=O) groups excluding carboxylic acids is 1. The van der Waals surface area contributed by atoms with Crippen molar-refractivity contribution in [3.8, 4) is 5.69 Å². The predicted molar refractivity (Wildman–Crippen MR) is 78.6 cm³/mol. The summed E-state index contributed by atoms with van der Waals surface area (Å²) in [7, 11) is 0. The van der Waals surface area contributed by atoms with Crippen molar-refractivity contribution in [1.29, 1.82) is 0 Å². The molecular formula is C14H13N7O. The fourth-order valence-corrected chi connectivity index (χ4v) is 1.93. The van der Waals surface area contributed by atoms with Crippen LogP contribution in [0.2, 0.25) is 0 Å². The molecule has 0 saturated carbocycles. The Morgan fingerprint density at radius 2 is 2.05 bits per heavy atom. The Kier molecular flexibility index (Phi) is 3.57. The van der Waals surface area contributed by atoms with Gasteiger partial charge in [-0.1, -0.05) is 0 Å². The molecule has 0 bridgehead atoms. The highest BCUT2D eigenvalue weighted by Crippen LogP contribution is 2.11.